The van der Waals surface area contributed by atoms with E-state index in [1.165, 1.54) is 0 Å². The molecule has 0 spiro atoms. The fraction of sp³-hybridized carbons (Fsp3) is 0.467. The number of fused-ring (bicyclic) bond motifs is 1. The highest BCUT2D eigenvalue weighted by Gasteiger charge is 2.21. The quantitative estimate of drug-likeness (QED) is 0.790. The summed E-state index contributed by atoms with van der Waals surface area (Å²) in [6.07, 6.45) is 0. The zero-order chi connectivity index (χ0) is 14.4. The van der Waals surface area contributed by atoms with Crippen LogP contribution in [0.15, 0.2) is 18.2 Å². The van der Waals surface area contributed by atoms with Gasteiger partial charge in [0.1, 0.15) is 5.82 Å². The monoisotopic (exact) mass is 259 g/mol. The molecule has 2 aromatic rings. The number of hydrogen-bond donors (Lipinski definition) is 0. The van der Waals surface area contributed by atoms with Gasteiger partial charge in [0.05, 0.1) is 11.0 Å². The Labute approximate surface area is 114 Å². The van der Waals surface area contributed by atoms with Gasteiger partial charge in [0, 0.05) is 32.1 Å². The maximum absolute atomic E-state index is 11.4. The van der Waals surface area contributed by atoms with Crippen LogP contribution < -0.4 is 4.90 Å². The van der Waals surface area contributed by atoms with Crippen LogP contribution in [0.25, 0.3) is 11.0 Å². The van der Waals surface area contributed by atoms with E-state index >= 15 is 0 Å². The number of rotatable bonds is 1. The Morgan fingerprint density at radius 3 is 2.47 bits per heavy atom. The van der Waals surface area contributed by atoms with Crippen molar-refractivity contribution in [1.82, 2.24) is 9.55 Å². The highest BCUT2D eigenvalue weighted by Crippen LogP contribution is 2.27. The molecule has 2 rings (SSSR count). The molecule has 0 saturated carbocycles. The average Bonchev–Trinajstić information content (AvgIpc) is 2.65. The Kier molecular flexibility index (Phi) is 3.12. The topological polar surface area (TPSA) is 38.1 Å². The molecule has 1 amide bonds. The Hall–Kier alpha value is -1.84. The first-order valence-corrected chi connectivity index (χ1v) is 6.43. The molecule has 4 nitrogen and oxygen atoms in total. The SMILES string of the molecule is CC(=O)N(C)c1ccc2c(c1)nc(C(C)(C)C)n2C. The minimum atomic E-state index is 0.000408. The van der Waals surface area contributed by atoms with Crippen molar-refractivity contribution in [1.29, 1.82) is 0 Å². The molecule has 0 saturated heterocycles. The molecule has 4 heteroatoms. The van der Waals surface area contributed by atoms with E-state index in [9.17, 15) is 4.79 Å². The minimum Gasteiger partial charge on any atom is -0.331 e. The molecule has 0 unspecified atom stereocenters. The number of carbonyl (C=O) groups is 1. The van der Waals surface area contributed by atoms with Crippen molar-refractivity contribution < 1.29 is 4.79 Å². The molecular formula is C15H21N3O. The number of aromatic nitrogens is 2. The van der Waals surface area contributed by atoms with E-state index in [4.69, 9.17) is 4.98 Å². The molecule has 0 N–H and O–H groups in total. The zero-order valence-corrected chi connectivity index (χ0v) is 12.5. The van der Waals surface area contributed by atoms with Gasteiger partial charge in [0.2, 0.25) is 5.91 Å². The lowest BCUT2D eigenvalue weighted by atomic mass is 9.96. The summed E-state index contributed by atoms with van der Waals surface area (Å²) in [5.41, 5.74) is 2.89. The second kappa shape index (κ2) is 4.37. The van der Waals surface area contributed by atoms with Crippen molar-refractivity contribution in [2.75, 3.05) is 11.9 Å². The maximum atomic E-state index is 11.4. The third-order valence-electron chi connectivity index (χ3n) is 3.39. The van der Waals surface area contributed by atoms with Crippen molar-refractivity contribution in [2.24, 2.45) is 7.05 Å². The van der Waals surface area contributed by atoms with Gasteiger partial charge in [-0.05, 0) is 18.2 Å². The normalized spacial score (nSPS) is 11.9. The fourth-order valence-corrected chi connectivity index (χ4v) is 2.25. The second-order valence-electron chi connectivity index (χ2n) is 6.00. The number of anilines is 1. The Bertz CT molecular complexity index is 635. The summed E-state index contributed by atoms with van der Waals surface area (Å²) in [6, 6.07) is 5.94. The molecule has 0 aliphatic heterocycles. The highest BCUT2D eigenvalue weighted by molar-refractivity contribution is 5.93. The zero-order valence-electron chi connectivity index (χ0n) is 12.5. The van der Waals surface area contributed by atoms with Crippen LogP contribution in [0, 0.1) is 0 Å². The smallest absolute Gasteiger partial charge is 0.223 e. The molecule has 0 fully saturated rings. The van der Waals surface area contributed by atoms with E-state index in [0.29, 0.717) is 0 Å². The van der Waals surface area contributed by atoms with Crippen molar-refractivity contribution in [3.63, 3.8) is 0 Å². The van der Waals surface area contributed by atoms with Gasteiger partial charge in [-0.3, -0.25) is 4.79 Å². The first-order chi connectivity index (χ1) is 8.71. The molecule has 1 heterocycles. The first kappa shape index (κ1) is 13.6. The van der Waals surface area contributed by atoms with E-state index in [1.54, 1.807) is 18.9 Å². The van der Waals surface area contributed by atoms with Crippen LogP contribution in [-0.4, -0.2) is 22.5 Å². The molecule has 0 aliphatic carbocycles. The van der Waals surface area contributed by atoms with Crippen LogP contribution in [0.3, 0.4) is 0 Å². The van der Waals surface area contributed by atoms with Crippen LogP contribution in [0.1, 0.15) is 33.5 Å². The van der Waals surface area contributed by atoms with Gasteiger partial charge < -0.3 is 9.47 Å². The van der Waals surface area contributed by atoms with Gasteiger partial charge in [0.25, 0.3) is 0 Å². The summed E-state index contributed by atoms with van der Waals surface area (Å²) in [4.78, 5) is 17.8. The van der Waals surface area contributed by atoms with Gasteiger partial charge in [-0.15, -0.1) is 0 Å². The molecule has 102 valence electrons. The molecule has 0 radical (unpaired) electrons. The Balaban J connectivity index is 2.59. The lowest BCUT2D eigenvalue weighted by molar-refractivity contribution is -0.116. The molecule has 1 aromatic heterocycles. The third kappa shape index (κ3) is 2.35. The van der Waals surface area contributed by atoms with E-state index in [2.05, 4.69) is 25.3 Å². The Morgan fingerprint density at radius 2 is 1.95 bits per heavy atom. The summed E-state index contributed by atoms with van der Waals surface area (Å²) in [5.74, 6) is 1.07. The molecular weight excluding hydrogens is 238 g/mol. The first-order valence-electron chi connectivity index (χ1n) is 6.43. The predicted octanol–water partition coefficient (Wildman–Crippen LogP) is 2.85. The number of amides is 1. The summed E-state index contributed by atoms with van der Waals surface area (Å²) in [7, 11) is 3.81. The van der Waals surface area contributed by atoms with Gasteiger partial charge in [-0.2, -0.15) is 0 Å². The van der Waals surface area contributed by atoms with E-state index in [1.807, 2.05) is 25.2 Å². The summed E-state index contributed by atoms with van der Waals surface area (Å²) in [6.45, 7) is 8.01. The van der Waals surface area contributed by atoms with Gasteiger partial charge in [-0.25, -0.2) is 4.98 Å². The van der Waals surface area contributed by atoms with E-state index in [0.717, 1.165) is 22.5 Å². The van der Waals surface area contributed by atoms with E-state index in [-0.39, 0.29) is 11.3 Å². The van der Waals surface area contributed by atoms with Crippen molar-refractivity contribution in [3.05, 3.63) is 24.0 Å². The number of imidazole rings is 1. The van der Waals surface area contributed by atoms with Crippen molar-refractivity contribution in [3.8, 4) is 0 Å². The number of carbonyl (C=O) groups excluding carboxylic acids is 1. The molecule has 1 aromatic carbocycles. The average molecular weight is 259 g/mol. The van der Waals surface area contributed by atoms with Crippen LogP contribution in [-0.2, 0) is 17.3 Å². The largest absolute Gasteiger partial charge is 0.331 e. The fourth-order valence-electron chi connectivity index (χ4n) is 2.25. The van der Waals surface area contributed by atoms with Crippen LogP contribution in [0.5, 0.6) is 0 Å². The summed E-state index contributed by atoms with van der Waals surface area (Å²) in [5, 5.41) is 0. The molecule has 0 bridgehead atoms. The number of nitrogens with zero attached hydrogens (tertiary/aromatic N) is 3. The second-order valence-corrected chi connectivity index (χ2v) is 6.00. The number of hydrogen-bond acceptors (Lipinski definition) is 2. The van der Waals surface area contributed by atoms with Crippen molar-refractivity contribution >= 4 is 22.6 Å². The summed E-state index contributed by atoms with van der Waals surface area (Å²) >= 11 is 0. The molecule has 19 heavy (non-hydrogen) atoms. The Morgan fingerprint density at radius 1 is 1.32 bits per heavy atom. The number of benzene rings is 1. The maximum Gasteiger partial charge on any atom is 0.223 e. The van der Waals surface area contributed by atoms with Crippen molar-refractivity contribution in [2.45, 2.75) is 33.1 Å². The van der Waals surface area contributed by atoms with Crippen LogP contribution in [0.2, 0.25) is 0 Å². The number of aryl methyl sites for hydroxylation is 1. The summed E-state index contributed by atoms with van der Waals surface area (Å²) < 4.78 is 2.12. The minimum absolute atomic E-state index is 0.000408. The highest BCUT2D eigenvalue weighted by atomic mass is 16.2. The molecule has 0 atom stereocenters. The lowest BCUT2D eigenvalue weighted by Crippen LogP contribution is -2.22. The van der Waals surface area contributed by atoms with Crippen LogP contribution >= 0.6 is 0 Å². The van der Waals surface area contributed by atoms with Gasteiger partial charge in [-0.1, -0.05) is 20.8 Å². The standard InChI is InChI=1S/C15H21N3O/c1-10(19)17(5)11-7-8-13-12(9-11)16-14(18(13)6)15(2,3)4/h7-9H,1-6H3. The lowest BCUT2D eigenvalue weighted by Gasteiger charge is -2.17. The molecule has 0 aliphatic rings. The van der Waals surface area contributed by atoms with E-state index < -0.39 is 0 Å². The third-order valence-corrected chi connectivity index (χ3v) is 3.39. The van der Waals surface area contributed by atoms with Gasteiger partial charge in [0.15, 0.2) is 0 Å². The van der Waals surface area contributed by atoms with Gasteiger partial charge >= 0.3 is 0 Å². The predicted molar refractivity (Wildman–Crippen MR) is 78.5 cm³/mol. The van der Waals surface area contributed by atoms with Crippen LogP contribution in [0.4, 0.5) is 5.69 Å².